The molecule has 3 heterocycles. The largest absolute Gasteiger partial charge is 1.00 e. The molecule has 6 heteroatoms. The third-order valence-electron chi connectivity index (χ3n) is 5.18. The highest BCUT2D eigenvalue weighted by Gasteiger charge is 2.24. The third kappa shape index (κ3) is 3.56. The Morgan fingerprint density at radius 1 is 1.22 bits per heavy atom. The van der Waals surface area contributed by atoms with Gasteiger partial charge in [-0.05, 0) is 44.7 Å². The van der Waals surface area contributed by atoms with E-state index in [1.807, 2.05) is 10.6 Å². The Hall–Kier alpha value is -1.46. The lowest BCUT2D eigenvalue weighted by atomic mass is 10.1. The number of hydrogen-bond donors (Lipinski definition) is 2. The number of piperidine rings is 1. The Morgan fingerprint density at radius 2 is 1.91 bits per heavy atom. The standard InChI is InChI=1S/C17H28N5.ClH/c1-13-7-8-15-16(18)17(20-21(15)14(13)2)19-9-12-22(3)10-5-4-6-11-22;/h7-8H,4-6,9-12,18H2,1-3H3,(H,19,20);1H/q+1;/p-1. The molecule has 0 amide bonds. The Bertz CT molecular complexity index is 673. The fourth-order valence-electron chi connectivity index (χ4n) is 3.42. The Kier molecular flexibility index (Phi) is 5.42. The second-order valence-corrected chi connectivity index (χ2v) is 6.94. The van der Waals surface area contributed by atoms with Gasteiger partial charge in [-0.1, -0.05) is 6.07 Å². The van der Waals surface area contributed by atoms with Crippen molar-refractivity contribution in [3.8, 4) is 0 Å². The van der Waals surface area contributed by atoms with Gasteiger partial charge in [-0.15, -0.1) is 5.10 Å². The molecule has 1 saturated heterocycles. The molecule has 0 aromatic carbocycles. The number of hydrogen-bond acceptors (Lipinski definition) is 3. The zero-order valence-electron chi connectivity index (χ0n) is 14.4. The number of nitrogens with two attached hydrogens (primary N) is 1. The molecule has 3 rings (SSSR count). The minimum atomic E-state index is 0. The summed E-state index contributed by atoms with van der Waals surface area (Å²) in [6.07, 6.45) is 4.09. The summed E-state index contributed by atoms with van der Waals surface area (Å²) in [6.45, 7) is 8.81. The number of pyridine rings is 1. The van der Waals surface area contributed by atoms with E-state index >= 15 is 0 Å². The number of nitrogens with one attached hydrogen (secondary N) is 1. The van der Waals surface area contributed by atoms with Crippen LogP contribution in [0.25, 0.3) is 5.52 Å². The number of aryl methyl sites for hydroxylation is 2. The first-order chi connectivity index (χ1) is 10.5. The molecule has 1 fully saturated rings. The van der Waals surface area contributed by atoms with Crippen LogP contribution in [0.4, 0.5) is 11.5 Å². The number of nitrogen functional groups attached to an aromatic ring is 1. The van der Waals surface area contributed by atoms with Gasteiger partial charge in [-0.3, -0.25) is 0 Å². The summed E-state index contributed by atoms with van der Waals surface area (Å²) in [4.78, 5) is 0. The highest BCUT2D eigenvalue weighted by Crippen LogP contribution is 2.25. The fraction of sp³-hybridized carbons (Fsp3) is 0.588. The van der Waals surface area contributed by atoms with Crippen LogP contribution in [0.5, 0.6) is 0 Å². The molecule has 2 aromatic rings. The van der Waals surface area contributed by atoms with E-state index in [2.05, 4.69) is 37.4 Å². The molecule has 0 spiro atoms. The number of nitrogens with zero attached hydrogens (tertiary/aromatic N) is 3. The van der Waals surface area contributed by atoms with Gasteiger partial charge in [0.1, 0.15) is 5.69 Å². The van der Waals surface area contributed by atoms with Crippen molar-refractivity contribution in [3.63, 3.8) is 0 Å². The van der Waals surface area contributed by atoms with E-state index in [1.54, 1.807) is 0 Å². The molecule has 0 radical (unpaired) electrons. The van der Waals surface area contributed by atoms with Crippen LogP contribution >= 0.6 is 0 Å². The number of likely N-dealkylation sites (tertiary alicyclic amines) is 1. The van der Waals surface area contributed by atoms with E-state index < -0.39 is 0 Å². The smallest absolute Gasteiger partial charge is 0.172 e. The lowest BCUT2D eigenvalue weighted by Gasteiger charge is -2.37. The van der Waals surface area contributed by atoms with Crippen molar-refractivity contribution in [2.45, 2.75) is 33.1 Å². The topological polar surface area (TPSA) is 55.3 Å². The number of aromatic nitrogens is 2. The summed E-state index contributed by atoms with van der Waals surface area (Å²) >= 11 is 0. The van der Waals surface area contributed by atoms with Crippen molar-refractivity contribution in [2.75, 3.05) is 44.3 Å². The van der Waals surface area contributed by atoms with Gasteiger partial charge in [0.2, 0.25) is 0 Å². The van der Waals surface area contributed by atoms with Gasteiger partial charge in [0.25, 0.3) is 0 Å². The molecule has 3 N–H and O–H groups in total. The normalized spacial score (nSPS) is 17.0. The fourth-order valence-corrected chi connectivity index (χ4v) is 3.42. The number of rotatable bonds is 4. The van der Waals surface area contributed by atoms with Crippen molar-refractivity contribution >= 4 is 17.0 Å². The Labute approximate surface area is 144 Å². The van der Waals surface area contributed by atoms with E-state index in [1.165, 1.54) is 42.4 Å². The Balaban J connectivity index is 0.00000192. The van der Waals surface area contributed by atoms with Crippen LogP contribution in [-0.2, 0) is 0 Å². The molecule has 0 bridgehead atoms. The third-order valence-corrected chi connectivity index (χ3v) is 5.18. The summed E-state index contributed by atoms with van der Waals surface area (Å²) in [5.41, 5.74) is 10.4. The molecule has 0 saturated carbocycles. The van der Waals surface area contributed by atoms with E-state index in [0.717, 1.165) is 35.8 Å². The van der Waals surface area contributed by atoms with Gasteiger partial charge >= 0.3 is 0 Å². The quantitative estimate of drug-likeness (QED) is 0.745. The Morgan fingerprint density at radius 3 is 2.61 bits per heavy atom. The number of fused-ring (bicyclic) bond motifs is 1. The van der Waals surface area contributed by atoms with Crippen LogP contribution in [0.15, 0.2) is 12.1 Å². The zero-order chi connectivity index (χ0) is 15.7. The minimum Gasteiger partial charge on any atom is -1.00 e. The molecule has 2 aromatic heterocycles. The van der Waals surface area contributed by atoms with Gasteiger partial charge in [0, 0.05) is 5.69 Å². The minimum absolute atomic E-state index is 0. The molecule has 0 aliphatic carbocycles. The van der Waals surface area contributed by atoms with Crippen LogP contribution in [0.3, 0.4) is 0 Å². The van der Waals surface area contributed by atoms with E-state index in [0.29, 0.717) is 0 Å². The van der Waals surface area contributed by atoms with Crippen LogP contribution in [0.1, 0.15) is 30.5 Å². The van der Waals surface area contributed by atoms with Crippen molar-refractivity contribution in [2.24, 2.45) is 0 Å². The predicted molar refractivity (Wildman–Crippen MR) is 92.2 cm³/mol. The number of likely N-dealkylation sites (N-methyl/N-ethyl adjacent to an activating group) is 1. The van der Waals surface area contributed by atoms with E-state index in [-0.39, 0.29) is 12.4 Å². The van der Waals surface area contributed by atoms with Crippen LogP contribution in [0, 0.1) is 13.8 Å². The predicted octanol–water partition coefficient (Wildman–Crippen LogP) is -0.420. The van der Waals surface area contributed by atoms with Crippen molar-refractivity contribution in [1.29, 1.82) is 0 Å². The number of halogens is 1. The van der Waals surface area contributed by atoms with Crippen LogP contribution in [0.2, 0.25) is 0 Å². The summed E-state index contributed by atoms with van der Waals surface area (Å²) in [7, 11) is 2.36. The lowest BCUT2D eigenvalue weighted by molar-refractivity contribution is -0.912. The molecule has 1 aliphatic rings. The van der Waals surface area contributed by atoms with Gasteiger partial charge in [-0.2, -0.15) is 0 Å². The van der Waals surface area contributed by atoms with Gasteiger partial charge in [0.05, 0.1) is 38.7 Å². The van der Waals surface area contributed by atoms with Crippen molar-refractivity contribution < 1.29 is 16.9 Å². The van der Waals surface area contributed by atoms with Crippen LogP contribution in [-0.4, -0.2) is 47.3 Å². The maximum Gasteiger partial charge on any atom is 0.172 e. The lowest BCUT2D eigenvalue weighted by Crippen LogP contribution is -3.00. The first-order valence-corrected chi connectivity index (χ1v) is 8.32. The summed E-state index contributed by atoms with van der Waals surface area (Å²) in [5, 5.41) is 8.10. The summed E-state index contributed by atoms with van der Waals surface area (Å²) < 4.78 is 3.11. The molecule has 128 valence electrons. The van der Waals surface area contributed by atoms with Crippen LogP contribution < -0.4 is 23.5 Å². The monoisotopic (exact) mass is 337 g/mol. The molecule has 5 nitrogen and oxygen atoms in total. The van der Waals surface area contributed by atoms with Gasteiger partial charge in [-0.25, -0.2) is 4.52 Å². The molecule has 0 atom stereocenters. The van der Waals surface area contributed by atoms with Crippen molar-refractivity contribution in [1.82, 2.24) is 9.61 Å². The second-order valence-electron chi connectivity index (χ2n) is 6.94. The summed E-state index contributed by atoms with van der Waals surface area (Å²) in [6, 6.07) is 4.15. The van der Waals surface area contributed by atoms with E-state index in [9.17, 15) is 0 Å². The number of quaternary nitrogens is 1. The highest BCUT2D eigenvalue weighted by atomic mass is 35.5. The highest BCUT2D eigenvalue weighted by molar-refractivity contribution is 5.81. The average Bonchev–Trinajstić information content (AvgIpc) is 2.81. The average molecular weight is 338 g/mol. The maximum atomic E-state index is 6.26. The maximum absolute atomic E-state index is 6.26. The van der Waals surface area contributed by atoms with Gasteiger partial charge in [0.15, 0.2) is 5.82 Å². The van der Waals surface area contributed by atoms with E-state index in [4.69, 9.17) is 5.73 Å². The molecule has 0 unspecified atom stereocenters. The first-order valence-electron chi connectivity index (χ1n) is 8.32. The van der Waals surface area contributed by atoms with Crippen molar-refractivity contribution in [3.05, 3.63) is 23.4 Å². The second kappa shape index (κ2) is 6.97. The summed E-state index contributed by atoms with van der Waals surface area (Å²) in [5.74, 6) is 0.817. The SMILES string of the molecule is Cc1ccc2c(N)c(NCC[N+]3(C)CCCCC3)nn2c1C.[Cl-]. The molecule has 1 aliphatic heterocycles. The number of anilines is 2. The molecule has 23 heavy (non-hydrogen) atoms. The molecular formula is C17H28ClN5. The zero-order valence-corrected chi connectivity index (χ0v) is 15.2. The molecular weight excluding hydrogens is 310 g/mol. The van der Waals surface area contributed by atoms with Gasteiger partial charge < -0.3 is 27.9 Å². The first kappa shape index (κ1) is 17.9.